The maximum atomic E-state index is 9.25. The molecule has 98 valence electrons. The van der Waals surface area contributed by atoms with Gasteiger partial charge in [0.15, 0.2) is 0 Å². The van der Waals surface area contributed by atoms with Gasteiger partial charge in [-0.05, 0) is 5.56 Å². The molecular formula is C14H15ClN4. The van der Waals surface area contributed by atoms with E-state index in [-0.39, 0.29) is 18.3 Å². The van der Waals surface area contributed by atoms with E-state index in [1.165, 1.54) is 11.1 Å². The van der Waals surface area contributed by atoms with Crippen LogP contribution in [0.2, 0.25) is 0 Å². The molecule has 19 heavy (non-hydrogen) atoms. The molecule has 1 aromatic carbocycles. The van der Waals surface area contributed by atoms with Crippen LogP contribution in [0.15, 0.2) is 30.5 Å². The number of benzene rings is 1. The lowest BCUT2D eigenvalue weighted by molar-refractivity contribution is -0.675. The minimum Gasteiger partial charge on any atom is -1.00 e. The molecule has 5 heteroatoms. The van der Waals surface area contributed by atoms with Crippen molar-refractivity contribution in [1.29, 1.82) is 5.26 Å². The summed E-state index contributed by atoms with van der Waals surface area (Å²) < 4.78 is 1.66. The Labute approximate surface area is 118 Å². The monoisotopic (exact) mass is 274 g/mol. The van der Waals surface area contributed by atoms with Crippen LogP contribution in [0.5, 0.6) is 0 Å². The summed E-state index contributed by atoms with van der Waals surface area (Å²) in [5, 5.41) is 15.8. The molecule has 1 aliphatic rings. The summed E-state index contributed by atoms with van der Waals surface area (Å²) in [5.41, 5.74) is 4.42. The van der Waals surface area contributed by atoms with E-state index in [1.807, 2.05) is 13.2 Å². The van der Waals surface area contributed by atoms with E-state index in [9.17, 15) is 5.26 Å². The summed E-state index contributed by atoms with van der Waals surface area (Å²) in [6, 6.07) is 10.7. The van der Waals surface area contributed by atoms with E-state index < -0.39 is 0 Å². The van der Waals surface area contributed by atoms with Crippen LogP contribution in [0.1, 0.15) is 28.3 Å². The number of nitrogens with zero attached hydrogens (tertiary/aromatic N) is 3. The van der Waals surface area contributed by atoms with Gasteiger partial charge in [-0.3, -0.25) is 4.68 Å². The predicted octanol–water partition coefficient (Wildman–Crippen LogP) is -2.50. The van der Waals surface area contributed by atoms with E-state index in [0.717, 1.165) is 18.7 Å². The Morgan fingerprint density at radius 3 is 2.95 bits per heavy atom. The lowest BCUT2D eigenvalue weighted by Crippen LogP contribution is -3.00. The Hall–Kier alpha value is -1.83. The van der Waals surface area contributed by atoms with Crippen molar-refractivity contribution in [3.63, 3.8) is 0 Å². The summed E-state index contributed by atoms with van der Waals surface area (Å²) in [4.78, 5) is 0. The summed E-state index contributed by atoms with van der Waals surface area (Å²) in [6.07, 6.45) is 1.83. The molecule has 0 aliphatic carbocycles. The van der Waals surface area contributed by atoms with Crippen molar-refractivity contribution >= 4 is 0 Å². The smallest absolute Gasteiger partial charge is 0.142 e. The maximum Gasteiger partial charge on any atom is 0.142 e. The molecule has 0 radical (unpaired) electrons. The van der Waals surface area contributed by atoms with Crippen molar-refractivity contribution in [3.8, 4) is 6.07 Å². The van der Waals surface area contributed by atoms with E-state index in [0.29, 0.717) is 5.69 Å². The molecular weight excluding hydrogens is 260 g/mol. The summed E-state index contributed by atoms with van der Waals surface area (Å²) >= 11 is 0. The molecule has 3 rings (SSSR count). The molecule has 0 bridgehead atoms. The van der Waals surface area contributed by atoms with Crippen LogP contribution in [-0.4, -0.2) is 16.3 Å². The van der Waals surface area contributed by atoms with Gasteiger partial charge >= 0.3 is 0 Å². The third-order valence-corrected chi connectivity index (χ3v) is 3.65. The van der Waals surface area contributed by atoms with Crippen molar-refractivity contribution in [3.05, 3.63) is 52.8 Å². The Balaban J connectivity index is 0.00000133. The molecule has 0 saturated heterocycles. The third kappa shape index (κ3) is 2.23. The zero-order chi connectivity index (χ0) is 12.5. The number of halogens is 1. The van der Waals surface area contributed by atoms with Crippen molar-refractivity contribution in [1.82, 2.24) is 9.78 Å². The Morgan fingerprint density at radius 1 is 1.37 bits per heavy atom. The van der Waals surface area contributed by atoms with E-state index >= 15 is 0 Å². The molecule has 0 fully saturated rings. The van der Waals surface area contributed by atoms with Gasteiger partial charge in [0, 0.05) is 18.2 Å². The first-order valence-electron chi connectivity index (χ1n) is 6.12. The van der Waals surface area contributed by atoms with Gasteiger partial charge in [0.25, 0.3) is 0 Å². The van der Waals surface area contributed by atoms with Crippen molar-refractivity contribution in [2.75, 3.05) is 6.54 Å². The van der Waals surface area contributed by atoms with Crippen LogP contribution in [-0.2, 0) is 13.6 Å². The molecule has 2 heterocycles. The van der Waals surface area contributed by atoms with Gasteiger partial charge in [-0.2, -0.15) is 10.4 Å². The highest BCUT2D eigenvalue weighted by Crippen LogP contribution is 2.29. The normalized spacial score (nSPS) is 17.2. The average molecular weight is 275 g/mol. The Morgan fingerprint density at radius 2 is 2.16 bits per heavy atom. The van der Waals surface area contributed by atoms with Gasteiger partial charge in [-0.1, -0.05) is 24.3 Å². The minimum atomic E-state index is 0. The molecule has 1 unspecified atom stereocenters. The number of quaternary nitrogens is 1. The van der Waals surface area contributed by atoms with E-state index in [2.05, 4.69) is 40.8 Å². The second-order valence-electron chi connectivity index (χ2n) is 4.66. The first kappa shape index (κ1) is 13.6. The van der Waals surface area contributed by atoms with Crippen LogP contribution in [0.3, 0.4) is 0 Å². The van der Waals surface area contributed by atoms with Crippen LogP contribution < -0.4 is 17.7 Å². The van der Waals surface area contributed by atoms with Crippen LogP contribution in [0.25, 0.3) is 0 Å². The molecule has 2 aromatic rings. The lowest BCUT2D eigenvalue weighted by Gasteiger charge is -2.23. The molecule has 4 nitrogen and oxygen atoms in total. The number of nitrogens with two attached hydrogens (primary N) is 1. The lowest BCUT2D eigenvalue weighted by atomic mass is 9.86. The summed E-state index contributed by atoms with van der Waals surface area (Å²) in [5.74, 6) is 0.276. The molecule has 1 aromatic heterocycles. The largest absolute Gasteiger partial charge is 1.00 e. The highest BCUT2D eigenvalue weighted by Gasteiger charge is 2.27. The van der Waals surface area contributed by atoms with E-state index in [1.54, 1.807) is 4.68 Å². The average Bonchev–Trinajstić information content (AvgIpc) is 2.79. The number of fused-ring (bicyclic) bond motifs is 1. The summed E-state index contributed by atoms with van der Waals surface area (Å²) in [6.45, 7) is 2.01. The number of rotatable bonds is 1. The van der Waals surface area contributed by atoms with Crippen LogP contribution in [0, 0.1) is 11.3 Å². The zero-order valence-corrected chi connectivity index (χ0v) is 11.4. The van der Waals surface area contributed by atoms with Gasteiger partial charge in [-0.25, -0.2) is 0 Å². The van der Waals surface area contributed by atoms with Crippen LogP contribution >= 0.6 is 0 Å². The first-order chi connectivity index (χ1) is 8.81. The highest BCUT2D eigenvalue weighted by molar-refractivity contribution is 5.43. The molecule has 0 spiro atoms. The number of nitriles is 1. The highest BCUT2D eigenvalue weighted by atomic mass is 35.5. The zero-order valence-electron chi connectivity index (χ0n) is 10.7. The quantitative estimate of drug-likeness (QED) is 0.625. The maximum absolute atomic E-state index is 9.25. The number of aryl methyl sites for hydroxylation is 1. The molecule has 1 atom stereocenters. The number of hydrogen-bond donors (Lipinski definition) is 1. The SMILES string of the molecule is Cn1ncc(C2C[NH2+]Cc3ccccc32)c1C#N.[Cl-]. The molecule has 1 aliphatic heterocycles. The predicted molar refractivity (Wildman–Crippen MR) is 66.7 cm³/mol. The summed E-state index contributed by atoms with van der Waals surface area (Å²) in [7, 11) is 1.82. The van der Waals surface area contributed by atoms with Gasteiger partial charge in [-0.15, -0.1) is 0 Å². The fourth-order valence-electron chi connectivity index (χ4n) is 2.73. The molecule has 0 amide bonds. The van der Waals surface area contributed by atoms with Gasteiger partial charge in [0.2, 0.25) is 0 Å². The first-order valence-corrected chi connectivity index (χ1v) is 6.12. The van der Waals surface area contributed by atoms with Crippen LogP contribution in [0.4, 0.5) is 0 Å². The minimum absolute atomic E-state index is 0. The molecule has 0 saturated carbocycles. The number of hydrogen-bond acceptors (Lipinski definition) is 2. The topological polar surface area (TPSA) is 58.2 Å². The van der Waals surface area contributed by atoms with Crippen molar-refractivity contribution < 1.29 is 17.7 Å². The number of aromatic nitrogens is 2. The second-order valence-corrected chi connectivity index (χ2v) is 4.66. The Bertz CT molecular complexity index is 627. The molecule has 2 N–H and O–H groups in total. The third-order valence-electron chi connectivity index (χ3n) is 3.65. The van der Waals surface area contributed by atoms with Gasteiger partial charge in [0.05, 0.1) is 18.7 Å². The fourth-order valence-corrected chi connectivity index (χ4v) is 2.73. The van der Waals surface area contributed by atoms with E-state index in [4.69, 9.17) is 0 Å². The second kappa shape index (κ2) is 5.43. The van der Waals surface area contributed by atoms with Gasteiger partial charge in [0.1, 0.15) is 18.3 Å². The van der Waals surface area contributed by atoms with Gasteiger partial charge < -0.3 is 17.7 Å². The standard InChI is InChI=1S/C14H14N4.ClH/c1-18-14(6-15)13(9-17-18)12-8-16-7-10-4-2-3-5-11(10)12;/h2-5,9,12,16H,7-8H2,1H3;1H. The fraction of sp³-hybridized carbons (Fsp3) is 0.286. The van der Waals surface area contributed by atoms with Crippen molar-refractivity contribution in [2.24, 2.45) is 7.05 Å². The van der Waals surface area contributed by atoms with Crippen molar-refractivity contribution in [2.45, 2.75) is 12.5 Å². The Kier molecular flexibility index (Phi) is 3.89.